The van der Waals surface area contributed by atoms with Crippen molar-refractivity contribution in [2.24, 2.45) is 0 Å². The van der Waals surface area contributed by atoms with Crippen LogP contribution in [0.5, 0.6) is 0 Å². The van der Waals surface area contributed by atoms with Crippen molar-refractivity contribution in [1.29, 1.82) is 0 Å². The number of benzene rings is 1. The second-order valence-corrected chi connectivity index (χ2v) is 6.55. The molecular formula is C15H20BrN3. The number of halogens is 1. The predicted octanol–water partition coefficient (Wildman–Crippen LogP) is 3.58. The lowest BCUT2D eigenvalue weighted by molar-refractivity contribution is 0.419. The summed E-state index contributed by atoms with van der Waals surface area (Å²) in [7, 11) is 0. The van der Waals surface area contributed by atoms with Crippen LogP contribution >= 0.6 is 15.9 Å². The van der Waals surface area contributed by atoms with E-state index < -0.39 is 0 Å². The zero-order valence-corrected chi connectivity index (χ0v) is 13.2. The number of aromatic nitrogens is 2. The van der Waals surface area contributed by atoms with Gasteiger partial charge in [0.05, 0.1) is 12.2 Å². The van der Waals surface area contributed by atoms with Gasteiger partial charge in [-0.3, -0.25) is 4.68 Å². The summed E-state index contributed by atoms with van der Waals surface area (Å²) in [5.74, 6) is 0. The first-order chi connectivity index (χ1) is 8.94. The van der Waals surface area contributed by atoms with Gasteiger partial charge in [-0.15, -0.1) is 0 Å². The van der Waals surface area contributed by atoms with E-state index >= 15 is 0 Å². The van der Waals surface area contributed by atoms with E-state index in [2.05, 4.69) is 65.3 Å². The SMILES string of the molecule is CC(C)(C)NCc1ccn(Cc2ccccc2Br)n1. The van der Waals surface area contributed by atoms with E-state index in [0.29, 0.717) is 0 Å². The standard InChI is InChI=1S/C15H20BrN3/c1-15(2,3)17-10-13-8-9-19(18-13)11-12-6-4-5-7-14(12)16/h4-9,17H,10-11H2,1-3H3. The highest BCUT2D eigenvalue weighted by Gasteiger charge is 2.09. The van der Waals surface area contributed by atoms with Crippen molar-refractivity contribution >= 4 is 15.9 Å². The van der Waals surface area contributed by atoms with Crippen molar-refractivity contribution in [2.75, 3.05) is 0 Å². The summed E-state index contributed by atoms with van der Waals surface area (Å²) in [6.07, 6.45) is 2.03. The van der Waals surface area contributed by atoms with Crippen LogP contribution in [0.2, 0.25) is 0 Å². The maximum absolute atomic E-state index is 4.58. The summed E-state index contributed by atoms with van der Waals surface area (Å²) in [6.45, 7) is 8.06. The third kappa shape index (κ3) is 4.48. The average Bonchev–Trinajstić information content (AvgIpc) is 2.77. The Kier molecular flexibility index (Phi) is 4.42. The zero-order chi connectivity index (χ0) is 13.9. The molecule has 0 atom stereocenters. The van der Waals surface area contributed by atoms with Crippen LogP contribution in [-0.2, 0) is 13.1 Å². The molecule has 0 unspecified atom stereocenters. The topological polar surface area (TPSA) is 29.9 Å². The quantitative estimate of drug-likeness (QED) is 0.932. The van der Waals surface area contributed by atoms with Gasteiger partial charge in [-0.1, -0.05) is 34.1 Å². The Balaban J connectivity index is 2.00. The van der Waals surface area contributed by atoms with Crippen LogP contribution < -0.4 is 5.32 Å². The summed E-state index contributed by atoms with van der Waals surface area (Å²) in [6, 6.07) is 10.3. The Morgan fingerprint density at radius 1 is 1.21 bits per heavy atom. The van der Waals surface area contributed by atoms with E-state index in [1.165, 1.54) is 5.56 Å². The highest BCUT2D eigenvalue weighted by atomic mass is 79.9. The molecule has 0 saturated carbocycles. The van der Waals surface area contributed by atoms with Crippen LogP contribution in [0.1, 0.15) is 32.0 Å². The molecule has 4 heteroatoms. The van der Waals surface area contributed by atoms with Crippen molar-refractivity contribution < 1.29 is 0 Å². The minimum atomic E-state index is 0.117. The van der Waals surface area contributed by atoms with Crippen molar-refractivity contribution in [3.05, 3.63) is 52.3 Å². The molecule has 0 aliphatic rings. The average molecular weight is 322 g/mol. The molecule has 0 aliphatic heterocycles. The van der Waals surface area contributed by atoms with Crippen LogP contribution in [0.15, 0.2) is 41.0 Å². The maximum atomic E-state index is 4.58. The van der Waals surface area contributed by atoms with Crippen LogP contribution in [0.4, 0.5) is 0 Å². The molecule has 19 heavy (non-hydrogen) atoms. The highest BCUT2D eigenvalue weighted by molar-refractivity contribution is 9.10. The van der Waals surface area contributed by atoms with Crippen LogP contribution in [0, 0.1) is 0 Å². The fraction of sp³-hybridized carbons (Fsp3) is 0.400. The van der Waals surface area contributed by atoms with Crippen molar-refractivity contribution in [3.8, 4) is 0 Å². The fourth-order valence-electron chi connectivity index (χ4n) is 1.74. The summed E-state index contributed by atoms with van der Waals surface area (Å²) in [5.41, 5.74) is 2.43. The van der Waals surface area contributed by atoms with Gasteiger partial charge in [-0.05, 0) is 38.5 Å². The molecule has 0 radical (unpaired) electrons. The number of hydrogen-bond acceptors (Lipinski definition) is 2. The molecule has 102 valence electrons. The molecule has 1 aromatic heterocycles. The van der Waals surface area contributed by atoms with Crippen LogP contribution in [-0.4, -0.2) is 15.3 Å². The smallest absolute Gasteiger partial charge is 0.0762 e. The van der Waals surface area contributed by atoms with Gasteiger partial charge in [0.25, 0.3) is 0 Å². The van der Waals surface area contributed by atoms with Gasteiger partial charge in [0.15, 0.2) is 0 Å². The molecule has 2 rings (SSSR count). The molecule has 1 heterocycles. The summed E-state index contributed by atoms with van der Waals surface area (Å²) < 4.78 is 3.10. The number of nitrogens with zero attached hydrogens (tertiary/aromatic N) is 2. The second kappa shape index (κ2) is 5.88. The molecule has 2 aromatic rings. The molecular weight excluding hydrogens is 302 g/mol. The minimum absolute atomic E-state index is 0.117. The van der Waals surface area contributed by atoms with Crippen LogP contribution in [0.25, 0.3) is 0 Å². The lowest BCUT2D eigenvalue weighted by Crippen LogP contribution is -2.35. The van der Waals surface area contributed by atoms with Gasteiger partial charge < -0.3 is 5.32 Å². The van der Waals surface area contributed by atoms with Gasteiger partial charge in [0, 0.05) is 22.8 Å². The number of hydrogen-bond donors (Lipinski definition) is 1. The van der Waals surface area contributed by atoms with E-state index in [9.17, 15) is 0 Å². The van der Waals surface area contributed by atoms with Crippen molar-refractivity contribution in [3.63, 3.8) is 0 Å². The van der Waals surface area contributed by atoms with E-state index in [4.69, 9.17) is 0 Å². The van der Waals surface area contributed by atoms with Gasteiger partial charge in [-0.25, -0.2) is 0 Å². The Labute approximate surface area is 123 Å². The number of rotatable bonds is 4. The highest BCUT2D eigenvalue weighted by Crippen LogP contribution is 2.16. The lowest BCUT2D eigenvalue weighted by atomic mass is 10.1. The zero-order valence-electron chi connectivity index (χ0n) is 11.7. The van der Waals surface area contributed by atoms with Gasteiger partial charge in [0.1, 0.15) is 0 Å². The van der Waals surface area contributed by atoms with Gasteiger partial charge in [-0.2, -0.15) is 5.10 Å². The molecule has 0 bridgehead atoms. The molecule has 0 aliphatic carbocycles. The van der Waals surface area contributed by atoms with E-state index in [-0.39, 0.29) is 5.54 Å². The predicted molar refractivity (Wildman–Crippen MR) is 82.1 cm³/mol. The molecule has 0 spiro atoms. The third-order valence-electron chi connectivity index (χ3n) is 2.79. The van der Waals surface area contributed by atoms with E-state index in [1.807, 2.05) is 23.0 Å². The molecule has 0 amide bonds. The third-order valence-corrected chi connectivity index (χ3v) is 3.56. The molecule has 0 saturated heterocycles. The van der Waals surface area contributed by atoms with Crippen LogP contribution in [0.3, 0.4) is 0 Å². The molecule has 1 N–H and O–H groups in total. The van der Waals surface area contributed by atoms with Gasteiger partial charge in [0.2, 0.25) is 0 Å². The summed E-state index contributed by atoms with van der Waals surface area (Å²) in [5, 5.41) is 8.02. The van der Waals surface area contributed by atoms with Gasteiger partial charge >= 0.3 is 0 Å². The lowest BCUT2D eigenvalue weighted by Gasteiger charge is -2.19. The first kappa shape index (κ1) is 14.3. The summed E-state index contributed by atoms with van der Waals surface area (Å²) >= 11 is 3.56. The first-order valence-electron chi connectivity index (χ1n) is 6.45. The summed E-state index contributed by atoms with van der Waals surface area (Å²) in [4.78, 5) is 0. The monoisotopic (exact) mass is 321 g/mol. The maximum Gasteiger partial charge on any atom is 0.0762 e. The normalized spacial score (nSPS) is 11.8. The van der Waals surface area contributed by atoms with E-state index in [0.717, 1.165) is 23.3 Å². The van der Waals surface area contributed by atoms with Crippen molar-refractivity contribution in [1.82, 2.24) is 15.1 Å². The first-order valence-corrected chi connectivity index (χ1v) is 7.24. The Morgan fingerprint density at radius 2 is 1.95 bits per heavy atom. The minimum Gasteiger partial charge on any atom is -0.306 e. The number of nitrogens with one attached hydrogen (secondary N) is 1. The van der Waals surface area contributed by atoms with Crippen molar-refractivity contribution in [2.45, 2.75) is 39.4 Å². The van der Waals surface area contributed by atoms with E-state index in [1.54, 1.807) is 0 Å². The molecule has 0 fully saturated rings. The fourth-order valence-corrected chi connectivity index (χ4v) is 2.15. The Hall–Kier alpha value is -1.13. The molecule has 1 aromatic carbocycles. The second-order valence-electron chi connectivity index (χ2n) is 5.70. The Morgan fingerprint density at radius 3 is 2.63 bits per heavy atom. The Bertz CT molecular complexity index is 540. The molecule has 3 nitrogen and oxygen atoms in total. The largest absolute Gasteiger partial charge is 0.306 e.